The van der Waals surface area contributed by atoms with Gasteiger partial charge in [-0.3, -0.25) is 0 Å². The summed E-state index contributed by atoms with van der Waals surface area (Å²) in [6.07, 6.45) is 1.72. The van der Waals surface area contributed by atoms with Crippen LogP contribution in [-0.2, 0) is 0 Å². The van der Waals surface area contributed by atoms with Crippen molar-refractivity contribution in [3.8, 4) is 0 Å². The van der Waals surface area contributed by atoms with Gasteiger partial charge in [0, 0.05) is 6.20 Å². The van der Waals surface area contributed by atoms with Gasteiger partial charge >= 0.3 is 0 Å². The molecule has 0 aliphatic rings. The first kappa shape index (κ1) is 7.17. The average molecular weight is 177 g/mol. The molecule has 1 N–H and O–H groups in total. The predicted octanol–water partition coefficient (Wildman–Crippen LogP) is 1.48. The Kier molecular flexibility index (Phi) is 1.96. The van der Waals surface area contributed by atoms with Crippen molar-refractivity contribution in [1.82, 2.24) is 15.2 Å². The summed E-state index contributed by atoms with van der Waals surface area (Å²) in [5, 5.41) is 11.0. The van der Waals surface area contributed by atoms with Crippen LogP contribution in [0, 0.1) is 5.51 Å². The lowest BCUT2D eigenvalue weighted by Crippen LogP contribution is -1.91. The molecular weight excluding hydrogens is 172 g/mol. The van der Waals surface area contributed by atoms with Gasteiger partial charge in [0.2, 0.25) is 5.13 Å². The SMILES string of the molecule is [c]1nnc(Nc2ccccn2)s1. The molecule has 0 saturated carbocycles. The largest absolute Gasteiger partial charge is 0.315 e. The summed E-state index contributed by atoms with van der Waals surface area (Å²) >= 11 is 1.32. The van der Waals surface area contributed by atoms with E-state index in [4.69, 9.17) is 0 Å². The number of anilines is 2. The normalized spacial score (nSPS) is 9.67. The maximum absolute atomic E-state index is 4.07. The molecule has 59 valence electrons. The fraction of sp³-hybridized carbons (Fsp3) is 0. The third-order valence-corrected chi connectivity index (χ3v) is 1.77. The molecule has 0 aliphatic carbocycles. The van der Waals surface area contributed by atoms with Gasteiger partial charge in [-0.15, -0.1) is 10.2 Å². The first-order valence-corrected chi connectivity index (χ1v) is 4.14. The van der Waals surface area contributed by atoms with Crippen molar-refractivity contribution in [3.05, 3.63) is 29.9 Å². The van der Waals surface area contributed by atoms with Crippen LogP contribution in [0.5, 0.6) is 0 Å². The van der Waals surface area contributed by atoms with Gasteiger partial charge in [0.1, 0.15) is 5.82 Å². The molecule has 0 spiro atoms. The summed E-state index contributed by atoms with van der Waals surface area (Å²) in [7, 11) is 0. The number of hydrogen-bond acceptors (Lipinski definition) is 5. The van der Waals surface area contributed by atoms with E-state index >= 15 is 0 Å². The molecular formula is C7H5N4S. The van der Waals surface area contributed by atoms with Crippen molar-refractivity contribution in [2.24, 2.45) is 0 Å². The lowest BCUT2D eigenvalue weighted by molar-refractivity contribution is 1.08. The van der Waals surface area contributed by atoms with Crippen molar-refractivity contribution in [2.45, 2.75) is 0 Å². The third kappa shape index (κ3) is 1.57. The molecule has 0 amide bonds. The number of nitrogens with one attached hydrogen (secondary N) is 1. The topological polar surface area (TPSA) is 50.7 Å². The van der Waals surface area contributed by atoms with Crippen molar-refractivity contribution in [2.75, 3.05) is 5.32 Å². The molecule has 1 radical (unpaired) electrons. The summed E-state index contributed by atoms with van der Waals surface area (Å²) in [4.78, 5) is 4.07. The fourth-order valence-electron chi connectivity index (χ4n) is 0.747. The van der Waals surface area contributed by atoms with Gasteiger partial charge in [0.15, 0.2) is 5.51 Å². The van der Waals surface area contributed by atoms with Gasteiger partial charge in [-0.1, -0.05) is 17.4 Å². The van der Waals surface area contributed by atoms with Crippen LogP contribution >= 0.6 is 11.3 Å². The highest BCUT2D eigenvalue weighted by atomic mass is 32.1. The average Bonchev–Trinajstić information content (AvgIpc) is 2.59. The molecule has 0 aromatic carbocycles. The monoisotopic (exact) mass is 177 g/mol. The molecule has 2 aromatic heterocycles. The Morgan fingerprint density at radius 2 is 2.42 bits per heavy atom. The van der Waals surface area contributed by atoms with Crippen LogP contribution in [0.1, 0.15) is 0 Å². The Balaban J connectivity index is 2.15. The van der Waals surface area contributed by atoms with E-state index in [1.807, 2.05) is 18.2 Å². The quantitative estimate of drug-likeness (QED) is 0.754. The molecule has 0 saturated heterocycles. The Hall–Kier alpha value is -1.49. The van der Waals surface area contributed by atoms with E-state index in [0.717, 1.165) is 5.82 Å². The van der Waals surface area contributed by atoms with Gasteiger partial charge in [-0.2, -0.15) is 0 Å². The smallest absolute Gasteiger partial charge is 0.211 e. The van der Waals surface area contributed by atoms with Crippen LogP contribution in [0.4, 0.5) is 10.9 Å². The van der Waals surface area contributed by atoms with Crippen molar-refractivity contribution >= 4 is 22.3 Å². The number of nitrogens with zero attached hydrogens (tertiary/aromatic N) is 3. The molecule has 2 aromatic rings. The predicted molar refractivity (Wildman–Crippen MR) is 46.3 cm³/mol. The summed E-state index contributed by atoms with van der Waals surface area (Å²) < 4.78 is 0. The van der Waals surface area contributed by atoms with E-state index in [2.05, 4.69) is 26.0 Å². The minimum atomic E-state index is 0.702. The lowest BCUT2D eigenvalue weighted by Gasteiger charge is -1.97. The second-order valence-corrected chi connectivity index (χ2v) is 2.81. The Bertz CT molecular complexity index is 332. The van der Waals surface area contributed by atoms with E-state index in [9.17, 15) is 0 Å². The van der Waals surface area contributed by atoms with Gasteiger partial charge in [0.25, 0.3) is 0 Å². The fourth-order valence-corrected chi connectivity index (χ4v) is 1.15. The number of rotatable bonds is 2. The van der Waals surface area contributed by atoms with Gasteiger partial charge in [-0.25, -0.2) is 4.98 Å². The second-order valence-electron chi connectivity index (χ2n) is 2.04. The van der Waals surface area contributed by atoms with Crippen molar-refractivity contribution < 1.29 is 0 Å². The maximum Gasteiger partial charge on any atom is 0.211 e. The van der Waals surface area contributed by atoms with Crippen LogP contribution in [0.25, 0.3) is 0 Å². The number of pyridine rings is 1. The molecule has 12 heavy (non-hydrogen) atoms. The van der Waals surface area contributed by atoms with E-state index in [0.29, 0.717) is 5.13 Å². The molecule has 2 rings (SSSR count). The minimum absolute atomic E-state index is 0.702. The Labute approximate surface area is 73.3 Å². The van der Waals surface area contributed by atoms with Gasteiger partial charge in [0.05, 0.1) is 0 Å². The highest BCUT2D eigenvalue weighted by Gasteiger charge is 1.96. The Morgan fingerprint density at radius 3 is 3.08 bits per heavy atom. The summed E-state index contributed by atoms with van der Waals surface area (Å²) in [5.74, 6) is 0.766. The van der Waals surface area contributed by atoms with Gasteiger partial charge in [-0.05, 0) is 12.1 Å². The zero-order chi connectivity index (χ0) is 8.23. The maximum atomic E-state index is 4.07. The molecule has 5 heteroatoms. The van der Waals surface area contributed by atoms with Crippen molar-refractivity contribution in [3.63, 3.8) is 0 Å². The van der Waals surface area contributed by atoms with E-state index < -0.39 is 0 Å². The molecule has 0 unspecified atom stereocenters. The van der Waals surface area contributed by atoms with E-state index in [1.165, 1.54) is 11.3 Å². The number of hydrogen-bond donors (Lipinski definition) is 1. The second kappa shape index (κ2) is 3.27. The molecule has 4 nitrogen and oxygen atoms in total. The highest BCUT2D eigenvalue weighted by molar-refractivity contribution is 7.12. The minimum Gasteiger partial charge on any atom is -0.315 e. The number of aromatic nitrogens is 3. The van der Waals surface area contributed by atoms with Crippen molar-refractivity contribution in [1.29, 1.82) is 0 Å². The van der Waals surface area contributed by atoms with Crippen LogP contribution in [-0.4, -0.2) is 15.2 Å². The Morgan fingerprint density at radius 1 is 1.42 bits per heavy atom. The standard InChI is InChI=1S/C7H5N4S/c1-2-4-8-6(3-1)10-7-11-9-5-12-7/h1-4H,(H,8,10,11). The van der Waals surface area contributed by atoms with E-state index in [1.54, 1.807) is 6.20 Å². The highest BCUT2D eigenvalue weighted by Crippen LogP contribution is 2.13. The van der Waals surface area contributed by atoms with Crippen LogP contribution in [0.3, 0.4) is 0 Å². The molecule has 0 aliphatic heterocycles. The molecule has 2 heterocycles. The molecule has 0 atom stereocenters. The third-order valence-electron chi connectivity index (χ3n) is 1.22. The summed E-state index contributed by atoms with van der Waals surface area (Å²) in [6.45, 7) is 0. The zero-order valence-electron chi connectivity index (χ0n) is 6.06. The van der Waals surface area contributed by atoms with Crippen LogP contribution in [0.2, 0.25) is 0 Å². The lowest BCUT2D eigenvalue weighted by atomic mass is 10.5. The zero-order valence-corrected chi connectivity index (χ0v) is 6.88. The van der Waals surface area contributed by atoms with Crippen LogP contribution in [0.15, 0.2) is 24.4 Å². The first-order valence-electron chi connectivity index (χ1n) is 3.33. The molecule has 0 bridgehead atoms. The summed E-state index contributed by atoms with van der Waals surface area (Å²) in [6, 6.07) is 5.62. The van der Waals surface area contributed by atoms with E-state index in [-0.39, 0.29) is 0 Å². The van der Waals surface area contributed by atoms with Crippen LogP contribution < -0.4 is 5.32 Å². The summed E-state index contributed by atoms with van der Waals surface area (Å²) in [5.41, 5.74) is 2.64. The first-order chi connectivity index (χ1) is 5.95. The molecule has 0 fully saturated rings. The van der Waals surface area contributed by atoms with Gasteiger partial charge < -0.3 is 5.32 Å².